The van der Waals surface area contributed by atoms with E-state index in [1.165, 1.54) is 0 Å². The summed E-state index contributed by atoms with van der Waals surface area (Å²) in [6.45, 7) is 3.01. The number of rotatable bonds is 7. The Morgan fingerprint density at radius 2 is 2.03 bits per heavy atom. The number of hydrogen-bond donors (Lipinski definition) is 1. The van der Waals surface area contributed by atoms with Gasteiger partial charge in [-0.1, -0.05) is 70.9 Å². The number of allylic oxidation sites excluding steroid dienone is 4. The van der Waals surface area contributed by atoms with Gasteiger partial charge in [0.25, 0.3) is 5.56 Å². The van der Waals surface area contributed by atoms with Gasteiger partial charge in [-0.05, 0) is 42.4 Å². The molecule has 7 heteroatoms. The molecule has 29 heavy (non-hydrogen) atoms. The fraction of sp³-hybridized carbons (Fsp3) is 0.364. The molecular weight excluding hydrogens is 430 g/mol. The fourth-order valence-electron chi connectivity index (χ4n) is 3.69. The molecule has 1 unspecified atom stereocenters. The van der Waals surface area contributed by atoms with E-state index in [0.717, 1.165) is 35.7 Å². The molecule has 0 saturated heterocycles. The first-order valence-corrected chi connectivity index (χ1v) is 10.7. The molecule has 6 nitrogen and oxygen atoms in total. The SMILES string of the molecule is CC1(CCCCn2nnc3c(=O)[nH]c(Cc4ccc(Br)cc4)nc32)C=CC=CC1. The molecular formula is C22H24BrN5O. The van der Waals surface area contributed by atoms with Crippen molar-refractivity contribution in [1.29, 1.82) is 0 Å². The standard InChI is InChI=1S/C22H24BrN5O/c1-22(11-3-2-4-12-22)13-5-6-14-28-20-19(26-27-28)21(29)25-18(24-20)15-16-7-9-17(23)10-8-16/h2-4,7-11H,5-6,12-15H2,1H3,(H,24,25,29). The highest BCUT2D eigenvalue weighted by atomic mass is 79.9. The summed E-state index contributed by atoms with van der Waals surface area (Å²) >= 11 is 3.44. The zero-order valence-electron chi connectivity index (χ0n) is 16.4. The Morgan fingerprint density at radius 3 is 2.79 bits per heavy atom. The van der Waals surface area contributed by atoms with Crippen LogP contribution in [-0.2, 0) is 13.0 Å². The van der Waals surface area contributed by atoms with Crippen molar-refractivity contribution in [2.75, 3.05) is 0 Å². The van der Waals surface area contributed by atoms with Crippen LogP contribution in [-0.4, -0.2) is 25.0 Å². The molecule has 2 heterocycles. The monoisotopic (exact) mass is 453 g/mol. The van der Waals surface area contributed by atoms with Crippen molar-refractivity contribution in [2.45, 2.75) is 45.6 Å². The summed E-state index contributed by atoms with van der Waals surface area (Å²) in [7, 11) is 0. The third-order valence-corrected chi connectivity index (χ3v) is 5.93. The molecule has 1 N–H and O–H groups in total. The number of halogens is 1. The molecule has 0 bridgehead atoms. The number of nitrogens with zero attached hydrogens (tertiary/aromatic N) is 4. The molecule has 1 aliphatic rings. The summed E-state index contributed by atoms with van der Waals surface area (Å²) in [6.07, 6.45) is 13.6. The quantitative estimate of drug-likeness (QED) is 0.531. The van der Waals surface area contributed by atoms with Crippen LogP contribution >= 0.6 is 15.9 Å². The number of H-pyrrole nitrogens is 1. The molecule has 0 spiro atoms. The molecule has 1 aliphatic carbocycles. The number of nitrogens with one attached hydrogen (secondary N) is 1. The number of aryl methyl sites for hydroxylation is 1. The second-order valence-corrected chi connectivity index (χ2v) is 8.82. The van der Waals surface area contributed by atoms with Crippen molar-refractivity contribution in [3.05, 3.63) is 74.8 Å². The van der Waals surface area contributed by atoms with Crippen molar-refractivity contribution in [3.63, 3.8) is 0 Å². The van der Waals surface area contributed by atoms with Crippen LogP contribution < -0.4 is 5.56 Å². The summed E-state index contributed by atoms with van der Waals surface area (Å²) in [5.41, 5.74) is 1.95. The van der Waals surface area contributed by atoms with Crippen LogP contribution in [0.4, 0.5) is 0 Å². The van der Waals surface area contributed by atoms with Crippen molar-refractivity contribution in [1.82, 2.24) is 25.0 Å². The topological polar surface area (TPSA) is 76.5 Å². The van der Waals surface area contributed by atoms with Crippen LogP contribution in [0.2, 0.25) is 0 Å². The highest BCUT2D eigenvalue weighted by Gasteiger charge is 2.20. The van der Waals surface area contributed by atoms with E-state index >= 15 is 0 Å². The predicted molar refractivity (Wildman–Crippen MR) is 118 cm³/mol. The summed E-state index contributed by atoms with van der Waals surface area (Å²) in [5.74, 6) is 0.625. The lowest BCUT2D eigenvalue weighted by atomic mass is 9.79. The van der Waals surface area contributed by atoms with Crippen LogP contribution in [0, 0.1) is 5.41 Å². The number of unbranched alkanes of at least 4 members (excludes halogenated alkanes) is 1. The summed E-state index contributed by atoms with van der Waals surface area (Å²) < 4.78 is 2.78. The summed E-state index contributed by atoms with van der Waals surface area (Å²) in [6, 6.07) is 7.99. The minimum absolute atomic E-state index is 0.236. The molecule has 150 valence electrons. The summed E-state index contributed by atoms with van der Waals surface area (Å²) in [4.78, 5) is 19.9. The van der Waals surface area contributed by atoms with Gasteiger partial charge in [0.15, 0.2) is 11.2 Å². The zero-order chi connectivity index (χ0) is 20.3. The third-order valence-electron chi connectivity index (χ3n) is 5.41. The van der Waals surface area contributed by atoms with E-state index in [4.69, 9.17) is 0 Å². The zero-order valence-corrected chi connectivity index (χ0v) is 18.0. The molecule has 3 aromatic rings. The van der Waals surface area contributed by atoms with Crippen LogP contribution in [0.5, 0.6) is 0 Å². The Morgan fingerprint density at radius 1 is 1.21 bits per heavy atom. The number of aromatic nitrogens is 5. The molecule has 0 saturated carbocycles. The highest BCUT2D eigenvalue weighted by Crippen LogP contribution is 2.32. The first-order chi connectivity index (χ1) is 14.0. The lowest BCUT2D eigenvalue weighted by molar-refractivity contribution is 0.366. The first-order valence-electron chi connectivity index (χ1n) is 9.94. The van der Waals surface area contributed by atoms with Gasteiger partial charge in [-0.2, -0.15) is 0 Å². The smallest absolute Gasteiger partial charge is 0.281 e. The fourth-order valence-corrected chi connectivity index (χ4v) is 3.95. The maximum Gasteiger partial charge on any atom is 0.281 e. The molecule has 2 aromatic heterocycles. The van der Waals surface area contributed by atoms with Gasteiger partial charge in [0.2, 0.25) is 0 Å². The predicted octanol–water partition coefficient (Wildman–Crippen LogP) is 4.56. The Kier molecular flexibility index (Phi) is 5.76. The van der Waals surface area contributed by atoms with Crippen molar-refractivity contribution < 1.29 is 0 Å². The molecule has 1 atom stereocenters. The summed E-state index contributed by atoms with van der Waals surface area (Å²) in [5, 5.41) is 8.21. The second kappa shape index (κ2) is 8.45. The number of hydrogen-bond acceptors (Lipinski definition) is 4. The lowest BCUT2D eigenvalue weighted by Crippen LogP contribution is -2.15. The Hall–Kier alpha value is -2.54. The molecule has 1 aromatic carbocycles. The second-order valence-electron chi connectivity index (χ2n) is 7.90. The minimum Gasteiger partial charge on any atom is -0.308 e. The first kappa shape index (κ1) is 19.8. The normalized spacial score (nSPS) is 18.6. The van der Waals surface area contributed by atoms with E-state index < -0.39 is 0 Å². The van der Waals surface area contributed by atoms with E-state index in [1.54, 1.807) is 4.68 Å². The molecule has 0 fully saturated rings. The van der Waals surface area contributed by atoms with Gasteiger partial charge in [0, 0.05) is 17.4 Å². The maximum absolute atomic E-state index is 12.4. The average Bonchev–Trinajstić information content (AvgIpc) is 3.11. The lowest BCUT2D eigenvalue weighted by Gasteiger charge is -2.26. The van der Waals surface area contributed by atoms with E-state index in [9.17, 15) is 4.79 Å². The largest absolute Gasteiger partial charge is 0.308 e. The van der Waals surface area contributed by atoms with Crippen LogP contribution in [0.1, 0.15) is 44.0 Å². The minimum atomic E-state index is -0.236. The van der Waals surface area contributed by atoms with Gasteiger partial charge in [-0.3, -0.25) is 4.79 Å². The Labute approximate surface area is 177 Å². The number of benzene rings is 1. The van der Waals surface area contributed by atoms with Crippen molar-refractivity contribution >= 4 is 27.1 Å². The van der Waals surface area contributed by atoms with Gasteiger partial charge in [0.05, 0.1) is 0 Å². The Bertz CT molecular complexity index is 1110. The molecule has 0 aliphatic heterocycles. The van der Waals surface area contributed by atoms with E-state index in [2.05, 4.69) is 67.4 Å². The third kappa shape index (κ3) is 4.72. The van der Waals surface area contributed by atoms with Crippen LogP contribution in [0.3, 0.4) is 0 Å². The maximum atomic E-state index is 12.4. The number of aromatic amines is 1. The van der Waals surface area contributed by atoms with Gasteiger partial charge in [0.1, 0.15) is 5.82 Å². The van der Waals surface area contributed by atoms with Gasteiger partial charge < -0.3 is 4.98 Å². The van der Waals surface area contributed by atoms with E-state index in [0.29, 0.717) is 30.0 Å². The van der Waals surface area contributed by atoms with Crippen LogP contribution in [0.15, 0.2) is 57.8 Å². The van der Waals surface area contributed by atoms with E-state index in [1.807, 2.05) is 24.3 Å². The van der Waals surface area contributed by atoms with E-state index in [-0.39, 0.29) is 11.0 Å². The number of fused-ring (bicyclic) bond motifs is 1. The van der Waals surface area contributed by atoms with Crippen molar-refractivity contribution in [2.24, 2.45) is 5.41 Å². The highest BCUT2D eigenvalue weighted by molar-refractivity contribution is 9.10. The average molecular weight is 454 g/mol. The van der Waals surface area contributed by atoms with Gasteiger partial charge >= 0.3 is 0 Å². The molecule has 0 amide bonds. The Balaban J connectivity index is 1.45. The van der Waals surface area contributed by atoms with Gasteiger partial charge in [-0.15, -0.1) is 5.10 Å². The van der Waals surface area contributed by atoms with Crippen LogP contribution in [0.25, 0.3) is 11.2 Å². The molecule has 4 rings (SSSR count). The van der Waals surface area contributed by atoms with Gasteiger partial charge in [-0.25, -0.2) is 9.67 Å². The van der Waals surface area contributed by atoms with Crippen molar-refractivity contribution in [3.8, 4) is 0 Å². The molecule has 0 radical (unpaired) electrons.